The van der Waals surface area contributed by atoms with Gasteiger partial charge in [0.2, 0.25) is 0 Å². The molecule has 0 fully saturated rings. The number of benzene rings is 1. The summed E-state index contributed by atoms with van der Waals surface area (Å²) in [5.74, 6) is -0.636. The number of nitrogens with zero attached hydrogens (tertiary/aromatic N) is 3. The molecule has 1 heterocycles. The van der Waals surface area contributed by atoms with Gasteiger partial charge in [0.1, 0.15) is 6.61 Å². The molecule has 0 saturated carbocycles. The highest BCUT2D eigenvalue weighted by atomic mass is 32.2. The molecule has 0 atom stereocenters. The molecule has 1 aromatic carbocycles. The molecular weight excluding hydrogens is 266 g/mol. The van der Waals surface area contributed by atoms with E-state index in [9.17, 15) is 9.90 Å². The molecular formula is C12H13N3O3S. The summed E-state index contributed by atoms with van der Waals surface area (Å²) in [6.45, 7) is 1.70. The first-order chi connectivity index (χ1) is 9.11. The summed E-state index contributed by atoms with van der Waals surface area (Å²) in [7, 11) is 0. The molecule has 0 aliphatic rings. The fourth-order valence-corrected chi connectivity index (χ4v) is 2.34. The van der Waals surface area contributed by atoms with Crippen molar-refractivity contribution in [3.63, 3.8) is 0 Å². The molecule has 2 N–H and O–H groups in total. The minimum atomic E-state index is -0.922. The number of aliphatic hydroxyl groups excluding tert-OH is 1. The van der Waals surface area contributed by atoms with Crippen molar-refractivity contribution >= 4 is 17.7 Å². The van der Waals surface area contributed by atoms with E-state index >= 15 is 0 Å². The first kappa shape index (κ1) is 13.6. The second kappa shape index (κ2) is 5.85. The van der Waals surface area contributed by atoms with E-state index in [1.54, 1.807) is 4.57 Å². The highest BCUT2D eigenvalue weighted by Crippen LogP contribution is 2.22. The van der Waals surface area contributed by atoms with Gasteiger partial charge in [0.25, 0.3) is 0 Å². The van der Waals surface area contributed by atoms with E-state index in [2.05, 4.69) is 10.2 Å². The van der Waals surface area contributed by atoms with Crippen LogP contribution in [-0.4, -0.2) is 36.7 Å². The molecule has 2 rings (SSSR count). The molecule has 0 unspecified atom stereocenters. The Morgan fingerprint density at radius 3 is 2.84 bits per heavy atom. The van der Waals surface area contributed by atoms with Crippen LogP contribution in [0.3, 0.4) is 0 Å². The van der Waals surface area contributed by atoms with Crippen molar-refractivity contribution in [3.05, 3.63) is 35.7 Å². The maximum Gasteiger partial charge on any atom is 0.313 e. The number of aliphatic hydroxyl groups is 1. The maximum absolute atomic E-state index is 10.6. The summed E-state index contributed by atoms with van der Waals surface area (Å²) in [6, 6.07) is 7.63. The van der Waals surface area contributed by atoms with E-state index in [1.165, 1.54) is 0 Å². The highest BCUT2D eigenvalue weighted by molar-refractivity contribution is 7.99. The van der Waals surface area contributed by atoms with Crippen molar-refractivity contribution in [3.8, 4) is 5.69 Å². The molecule has 0 radical (unpaired) electrons. The second-order valence-electron chi connectivity index (χ2n) is 3.91. The summed E-state index contributed by atoms with van der Waals surface area (Å²) in [5.41, 5.74) is 1.87. The molecule has 0 aliphatic heterocycles. The van der Waals surface area contributed by atoms with Crippen LogP contribution in [0.5, 0.6) is 0 Å². The third-order valence-corrected chi connectivity index (χ3v) is 3.34. The third kappa shape index (κ3) is 3.12. The lowest BCUT2D eigenvalue weighted by Gasteiger charge is -2.09. The molecule has 0 amide bonds. The largest absolute Gasteiger partial charge is 0.481 e. The van der Waals surface area contributed by atoms with Gasteiger partial charge in [-0.05, 0) is 24.6 Å². The fraction of sp³-hybridized carbons (Fsp3) is 0.250. The lowest BCUT2D eigenvalue weighted by molar-refractivity contribution is -0.133. The first-order valence-electron chi connectivity index (χ1n) is 5.58. The number of aryl methyl sites for hydroxylation is 1. The Labute approximate surface area is 114 Å². The number of aromatic nitrogens is 3. The Morgan fingerprint density at radius 2 is 2.21 bits per heavy atom. The van der Waals surface area contributed by atoms with Crippen molar-refractivity contribution in [1.29, 1.82) is 0 Å². The van der Waals surface area contributed by atoms with Crippen LogP contribution < -0.4 is 0 Å². The van der Waals surface area contributed by atoms with Gasteiger partial charge in [-0.25, -0.2) is 0 Å². The minimum Gasteiger partial charge on any atom is -0.481 e. The van der Waals surface area contributed by atoms with Gasteiger partial charge in [0.15, 0.2) is 11.0 Å². The van der Waals surface area contributed by atoms with Crippen LogP contribution in [-0.2, 0) is 11.4 Å². The average Bonchev–Trinajstić information content (AvgIpc) is 2.79. The molecule has 0 saturated heterocycles. The lowest BCUT2D eigenvalue weighted by Crippen LogP contribution is -2.05. The normalized spacial score (nSPS) is 10.6. The van der Waals surface area contributed by atoms with Gasteiger partial charge in [0, 0.05) is 5.69 Å². The zero-order valence-corrected chi connectivity index (χ0v) is 11.1. The van der Waals surface area contributed by atoms with E-state index in [-0.39, 0.29) is 12.4 Å². The molecule has 2 aromatic rings. The number of carboxylic acids is 1. The summed E-state index contributed by atoms with van der Waals surface area (Å²) in [5, 5.41) is 26.2. The summed E-state index contributed by atoms with van der Waals surface area (Å²) >= 11 is 1.07. The monoisotopic (exact) mass is 279 g/mol. The standard InChI is InChI=1S/C12H13N3O3S/c1-8-3-2-4-9(5-8)15-10(6-16)13-14-12(15)19-7-11(17)18/h2-5,16H,6-7H2,1H3,(H,17,18). The number of rotatable bonds is 5. The van der Waals surface area contributed by atoms with Crippen LogP contribution in [0.15, 0.2) is 29.4 Å². The van der Waals surface area contributed by atoms with Crippen molar-refractivity contribution in [2.75, 3.05) is 5.75 Å². The Kier molecular flexibility index (Phi) is 4.18. The van der Waals surface area contributed by atoms with E-state index in [0.29, 0.717) is 11.0 Å². The molecule has 0 aliphatic carbocycles. The van der Waals surface area contributed by atoms with Crippen LogP contribution in [0.2, 0.25) is 0 Å². The van der Waals surface area contributed by atoms with Gasteiger partial charge < -0.3 is 10.2 Å². The summed E-state index contributed by atoms with van der Waals surface area (Å²) in [4.78, 5) is 10.6. The van der Waals surface area contributed by atoms with Crippen LogP contribution in [0, 0.1) is 6.92 Å². The quantitative estimate of drug-likeness (QED) is 0.801. The summed E-state index contributed by atoms with van der Waals surface area (Å²) < 4.78 is 1.67. The molecule has 0 bridgehead atoms. The Balaban J connectivity index is 2.41. The van der Waals surface area contributed by atoms with Crippen LogP contribution in [0.1, 0.15) is 11.4 Å². The van der Waals surface area contributed by atoms with Gasteiger partial charge in [-0.2, -0.15) is 0 Å². The summed E-state index contributed by atoms with van der Waals surface area (Å²) in [6.07, 6.45) is 0. The molecule has 1 aromatic heterocycles. The van der Waals surface area contributed by atoms with Crippen LogP contribution in [0.4, 0.5) is 0 Å². The zero-order chi connectivity index (χ0) is 13.8. The average molecular weight is 279 g/mol. The van der Waals surface area contributed by atoms with Crippen molar-refractivity contribution in [1.82, 2.24) is 14.8 Å². The number of carboxylic acid groups (broad SMARTS) is 1. The van der Waals surface area contributed by atoms with E-state index in [4.69, 9.17) is 5.11 Å². The third-order valence-electron chi connectivity index (χ3n) is 2.43. The number of carbonyl (C=O) groups is 1. The van der Waals surface area contributed by atoms with Gasteiger partial charge in [0.05, 0.1) is 5.75 Å². The first-order valence-corrected chi connectivity index (χ1v) is 6.57. The van der Waals surface area contributed by atoms with Gasteiger partial charge in [-0.3, -0.25) is 9.36 Å². The molecule has 100 valence electrons. The predicted octanol–water partition coefficient (Wildman–Crippen LogP) is 1.24. The maximum atomic E-state index is 10.6. The second-order valence-corrected chi connectivity index (χ2v) is 4.86. The van der Waals surface area contributed by atoms with Crippen molar-refractivity contribution in [2.45, 2.75) is 18.7 Å². The molecule has 19 heavy (non-hydrogen) atoms. The minimum absolute atomic E-state index is 0.102. The number of aliphatic carboxylic acids is 1. The Morgan fingerprint density at radius 1 is 1.42 bits per heavy atom. The molecule has 0 spiro atoms. The molecule has 6 nitrogen and oxygen atoms in total. The Hall–Kier alpha value is -1.86. The van der Waals surface area contributed by atoms with Crippen molar-refractivity contribution in [2.24, 2.45) is 0 Å². The van der Waals surface area contributed by atoms with Crippen molar-refractivity contribution < 1.29 is 15.0 Å². The van der Waals surface area contributed by atoms with Crippen LogP contribution in [0.25, 0.3) is 5.69 Å². The fourth-order valence-electron chi connectivity index (χ4n) is 1.65. The SMILES string of the molecule is Cc1cccc(-n2c(CO)nnc2SCC(=O)O)c1. The van der Waals surface area contributed by atoms with Gasteiger partial charge in [-0.1, -0.05) is 23.9 Å². The smallest absolute Gasteiger partial charge is 0.313 e. The highest BCUT2D eigenvalue weighted by Gasteiger charge is 2.14. The zero-order valence-electron chi connectivity index (χ0n) is 10.3. The van der Waals surface area contributed by atoms with E-state index in [1.807, 2.05) is 31.2 Å². The van der Waals surface area contributed by atoms with E-state index < -0.39 is 5.97 Å². The van der Waals surface area contributed by atoms with Gasteiger partial charge in [-0.15, -0.1) is 10.2 Å². The van der Waals surface area contributed by atoms with E-state index in [0.717, 1.165) is 23.0 Å². The molecule has 7 heteroatoms. The van der Waals surface area contributed by atoms with Crippen LogP contribution >= 0.6 is 11.8 Å². The lowest BCUT2D eigenvalue weighted by atomic mass is 10.2. The number of hydrogen-bond donors (Lipinski definition) is 2. The van der Waals surface area contributed by atoms with Gasteiger partial charge >= 0.3 is 5.97 Å². The number of thioether (sulfide) groups is 1. The predicted molar refractivity (Wildman–Crippen MR) is 70.4 cm³/mol. The Bertz CT molecular complexity index is 598. The number of hydrogen-bond acceptors (Lipinski definition) is 5. The topological polar surface area (TPSA) is 88.2 Å².